The van der Waals surface area contributed by atoms with Crippen molar-refractivity contribution in [1.82, 2.24) is 0 Å². The Morgan fingerprint density at radius 1 is 1.30 bits per heavy atom. The van der Waals surface area contributed by atoms with Gasteiger partial charge in [-0.2, -0.15) is 0 Å². The zero-order valence-corrected chi connectivity index (χ0v) is 13.9. The molecule has 0 atom stereocenters. The topological polar surface area (TPSA) is 42.7 Å². The summed E-state index contributed by atoms with van der Waals surface area (Å²) < 4.78 is 10.9. The SMILES string of the molecule is COc1cccc(N2C(=O)C(=CC=Cc3ccco3)SC2=S)c1. The van der Waals surface area contributed by atoms with Gasteiger partial charge in [-0.1, -0.05) is 36.1 Å². The first kappa shape index (κ1) is 15.6. The van der Waals surface area contributed by atoms with Crippen LogP contribution in [0, 0.1) is 0 Å². The highest BCUT2D eigenvalue weighted by atomic mass is 32.2. The Morgan fingerprint density at radius 2 is 2.17 bits per heavy atom. The lowest BCUT2D eigenvalue weighted by Gasteiger charge is -2.15. The van der Waals surface area contributed by atoms with Crippen LogP contribution in [0.1, 0.15) is 5.76 Å². The van der Waals surface area contributed by atoms with Gasteiger partial charge in [0.25, 0.3) is 5.91 Å². The van der Waals surface area contributed by atoms with E-state index >= 15 is 0 Å². The standard InChI is InChI=1S/C17H13NO3S2/c1-20-14-7-2-5-12(11-14)18-16(19)15(23-17(18)22)9-3-6-13-8-4-10-21-13/h2-11H,1H3. The highest BCUT2D eigenvalue weighted by molar-refractivity contribution is 8.27. The van der Waals surface area contributed by atoms with Crippen LogP contribution in [0.15, 0.2) is 64.1 Å². The molecule has 0 saturated carbocycles. The van der Waals surface area contributed by atoms with E-state index in [4.69, 9.17) is 21.4 Å². The molecular weight excluding hydrogens is 330 g/mol. The van der Waals surface area contributed by atoms with Crippen LogP contribution in [-0.4, -0.2) is 17.3 Å². The number of ether oxygens (including phenoxy) is 1. The molecule has 1 saturated heterocycles. The van der Waals surface area contributed by atoms with E-state index < -0.39 is 0 Å². The molecule has 4 nitrogen and oxygen atoms in total. The van der Waals surface area contributed by atoms with Gasteiger partial charge in [-0.3, -0.25) is 9.69 Å². The molecule has 0 aliphatic carbocycles. The van der Waals surface area contributed by atoms with Gasteiger partial charge >= 0.3 is 0 Å². The molecule has 1 aliphatic heterocycles. The molecular formula is C17H13NO3S2. The number of anilines is 1. The number of nitrogens with zero attached hydrogens (tertiary/aromatic N) is 1. The molecule has 116 valence electrons. The molecule has 1 aromatic heterocycles. The molecule has 0 radical (unpaired) electrons. The number of carbonyl (C=O) groups is 1. The first-order valence-corrected chi connectivity index (χ1v) is 8.03. The Balaban J connectivity index is 1.82. The third kappa shape index (κ3) is 3.38. The van der Waals surface area contributed by atoms with E-state index in [1.165, 1.54) is 16.7 Å². The zero-order chi connectivity index (χ0) is 16.2. The molecule has 0 bridgehead atoms. The maximum atomic E-state index is 12.6. The van der Waals surface area contributed by atoms with Gasteiger partial charge < -0.3 is 9.15 Å². The van der Waals surface area contributed by atoms with Crippen molar-refractivity contribution < 1.29 is 13.9 Å². The summed E-state index contributed by atoms with van der Waals surface area (Å²) >= 11 is 6.60. The summed E-state index contributed by atoms with van der Waals surface area (Å²) in [7, 11) is 1.59. The van der Waals surface area contributed by atoms with Crippen molar-refractivity contribution in [2.45, 2.75) is 0 Å². The lowest BCUT2D eigenvalue weighted by molar-refractivity contribution is -0.113. The van der Waals surface area contributed by atoms with Crippen LogP contribution in [0.3, 0.4) is 0 Å². The molecule has 23 heavy (non-hydrogen) atoms. The molecule has 1 aliphatic rings. The fraction of sp³-hybridized carbons (Fsp3) is 0.0588. The molecule has 0 unspecified atom stereocenters. The number of thiocarbonyl (C=S) groups is 1. The first-order chi connectivity index (χ1) is 11.2. The number of rotatable bonds is 4. The molecule has 1 fully saturated rings. The Hall–Kier alpha value is -2.31. The summed E-state index contributed by atoms with van der Waals surface area (Å²) in [5, 5.41) is 0. The monoisotopic (exact) mass is 343 g/mol. The molecule has 3 rings (SSSR count). The van der Waals surface area contributed by atoms with Crippen LogP contribution in [0.25, 0.3) is 6.08 Å². The van der Waals surface area contributed by atoms with E-state index in [1.807, 2.05) is 30.3 Å². The van der Waals surface area contributed by atoms with Gasteiger partial charge in [-0.15, -0.1) is 0 Å². The predicted molar refractivity (Wildman–Crippen MR) is 96.5 cm³/mol. The number of hydrogen-bond donors (Lipinski definition) is 0. The summed E-state index contributed by atoms with van der Waals surface area (Å²) in [4.78, 5) is 14.6. The summed E-state index contributed by atoms with van der Waals surface area (Å²) in [6.45, 7) is 0. The van der Waals surface area contributed by atoms with Crippen molar-refractivity contribution in [1.29, 1.82) is 0 Å². The van der Waals surface area contributed by atoms with Gasteiger partial charge in [-0.25, -0.2) is 0 Å². The second-order valence-corrected chi connectivity index (χ2v) is 6.29. The van der Waals surface area contributed by atoms with Crippen LogP contribution in [0.2, 0.25) is 0 Å². The van der Waals surface area contributed by atoms with Gasteiger partial charge in [-0.05, 0) is 36.4 Å². The lowest BCUT2D eigenvalue weighted by Crippen LogP contribution is -2.27. The van der Waals surface area contributed by atoms with E-state index in [-0.39, 0.29) is 5.91 Å². The van der Waals surface area contributed by atoms with Crippen LogP contribution < -0.4 is 9.64 Å². The maximum absolute atomic E-state index is 12.6. The van der Waals surface area contributed by atoms with Crippen molar-refractivity contribution >= 4 is 46.0 Å². The quantitative estimate of drug-likeness (QED) is 0.613. The minimum atomic E-state index is -0.141. The number of furan rings is 1. The number of methoxy groups -OCH3 is 1. The third-order valence-electron chi connectivity index (χ3n) is 3.16. The average Bonchev–Trinajstić information content (AvgIpc) is 3.16. The van der Waals surface area contributed by atoms with E-state index in [9.17, 15) is 4.79 Å². The second-order valence-electron chi connectivity index (χ2n) is 4.62. The van der Waals surface area contributed by atoms with Crippen LogP contribution >= 0.6 is 24.0 Å². The Morgan fingerprint density at radius 3 is 2.91 bits per heavy atom. The molecule has 1 amide bonds. The summed E-state index contributed by atoms with van der Waals surface area (Å²) in [5.74, 6) is 1.26. The van der Waals surface area contributed by atoms with Gasteiger partial charge in [0, 0.05) is 6.07 Å². The van der Waals surface area contributed by atoms with Gasteiger partial charge in [0.1, 0.15) is 11.5 Å². The third-order valence-corrected chi connectivity index (χ3v) is 4.48. The minimum absolute atomic E-state index is 0.141. The van der Waals surface area contributed by atoms with Gasteiger partial charge in [0.2, 0.25) is 0 Å². The zero-order valence-electron chi connectivity index (χ0n) is 12.3. The largest absolute Gasteiger partial charge is 0.497 e. The summed E-state index contributed by atoms with van der Waals surface area (Å²) in [6, 6.07) is 10.9. The predicted octanol–water partition coefficient (Wildman–Crippen LogP) is 4.25. The Labute approximate surface area is 143 Å². The maximum Gasteiger partial charge on any atom is 0.270 e. The van der Waals surface area contributed by atoms with Crippen molar-refractivity contribution in [3.8, 4) is 5.75 Å². The van der Waals surface area contributed by atoms with E-state index in [2.05, 4.69) is 0 Å². The molecule has 1 aromatic carbocycles. The normalized spacial score (nSPS) is 16.7. The Bertz CT molecular complexity index is 794. The van der Waals surface area contributed by atoms with Crippen molar-refractivity contribution in [2.24, 2.45) is 0 Å². The van der Waals surface area contributed by atoms with Crippen molar-refractivity contribution in [2.75, 3.05) is 12.0 Å². The van der Waals surface area contributed by atoms with Crippen LogP contribution in [-0.2, 0) is 4.79 Å². The first-order valence-electron chi connectivity index (χ1n) is 6.81. The minimum Gasteiger partial charge on any atom is -0.497 e. The van der Waals surface area contributed by atoms with E-state index in [1.54, 1.807) is 37.7 Å². The number of hydrogen-bond acceptors (Lipinski definition) is 5. The highest BCUT2D eigenvalue weighted by Crippen LogP contribution is 2.35. The molecule has 2 aromatic rings. The van der Waals surface area contributed by atoms with Crippen LogP contribution in [0.4, 0.5) is 5.69 Å². The molecule has 6 heteroatoms. The van der Waals surface area contributed by atoms with Gasteiger partial charge in [0.05, 0.1) is 24.0 Å². The molecule has 0 spiro atoms. The lowest BCUT2D eigenvalue weighted by atomic mass is 10.2. The second kappa shape index (κ2) is 6.85. The number of amides is 1. The van der Waals surface area contributed by atoms with E-state index in [0.717, 1.165) is 5.76 Å². The number of thioether (sulfide) groups is 1. The van der Waals surface area contributed by atoms with Gasteiger partial charge in [0.15, 0.2) is 4.32 Å². The van der Waals surface area contributed by atoms with Crippen LogP contribution in [0.5, 0.6) is 5.75 Å². The summed E-state index contributed by atoms with van der Waals surface area (Å²) in [5.41, 5.74) is 0.699. The molecule has 0 N–H and O–H groups in total. The molecule has 2 heterocycles. The average molecular weight is 343 g/mol. The number of allylic oxidation sites excluding steroid dienone is 2. The fourth-order valence-corrected chi connectivity index (χ4v) is 3.32. The smallest absolute Gasteiger partial charge is 0.270 e. The number of benzene rings is 1. The van der Waals surface area contributed by atoms with E-state index in [0.29, 0.717) is 20.7 Å². The summed E-state index contributed by atoms with van der Waals surface area (Å²) in [6.07, 6.45) is 6.90. The highest BCUT2D eigenvalue weighted by Gasteiger charge is 2.33. The fourth-order valence-electron chi connectivity index (χ4n) is 2.07. The van der Waals surface area contributed by atoms with Crippen molar-refractivity contribution in [3.63, 3.8) is 0 Å². The van der Waals surface area contributed by atoms with Crippen molar-refractivity contribution in [3.05, 3.63) is 65.5 Å². The number of carbonyl (C=O) groups excluding carboxylic acids is 1. The Kier molecular flexibility index (Phi) is 4.64.